The van der Waals surface area contributed by atoms with Crippen molar-refractivity contribution in [1.82, 2.24) is 8.43 Å². The van der Waals surface area contributed by atoms with E-state index in [1.54, 1.807) is 0 Å². The summed E-state index contributed by atoms with van der Waals surface area (Å²) in [5, 5.41) is 3.53. The van der Waals surface area contributed by atoms with Crippen LogP contribution in [-0.4, -0.2) is 22.2 Å². The molecule has 0 saturated carbocycles. The van der Waals surface area contributed by atoms with Crippen LogP contribution in [0.1, 0.15) is 20.8 Å². The third kappa shape index (κ3) is 2.71. The van der Waals surface area contributed by atoms with Gasteiger partial charge in [-0.1, -0.05) is 6.92 Å². The van der Waals surface area contributed by atoms with Crippen molar-refractivity contribution in [3.63, 3.8) is 0 Å². The van der Waals surface area contributed by atoms with Crippen molar-refractivity contribution in [1.29, 1.82) is 0 Å². The molecule has 4 heteroatoms. The summed E-state index contributed by atoms with van der Waals surface area (Å²) in [6, 6.07) is 0. The molecule has 0 aromatic carbocycles. The quantitative estimate of drug-likeness (QED) is 0.431. The van der Waals surface area contributed by atoms with E-state index in [2.05, 4.69) is 81.7 Å². The van der Waals surface area contributed by atoms with Crippen molar-refractivity contribution in [3.05, 3.63) is 9.28 Å². The number of halogens is 2. The molecule has 76 valence electrons. The van der Waals surface area contributed by atoms with Gasteiger partial charge in [0.1, 0.15) is 0 Å². The predicted molar refractivity (Wildman–Crippen MR) is 74.1 cm³/mol. The first-order chi connectivity index (χ1) is 5.84. The summed E-state index contributed by atoms with van der Waals surface area (Å²) in [5.74, 6) is 0.622. The van der Waals surface area contributed by atoms with Gasteiger partial charge in [0.15, 0.2) is 0 Å². The zero-order chi connectivity index (χ0) is 10.2. The number of hydrogen-bond acceptors (Lipinski definition) is 2. The molecular weight excluding hydrogens is 390 g/mol. The molecule has 0 radical (unpaired) electrons. The van der Waals surface area contributed by atoms with Gasteiger partial charge < -0.3 is 5.32 Å². The number of likely N-dealkylation sites (N-methyl/N-ethyl adjacent to an activating group) is 1. The first-order valence-corrected chi connectivity index (χ1v) is 6.42. The molecule has 1 atom stereocenters. The van der Waals surface area contributed by atoms with Crippen LogP contribution in [0.15, 0.2) is 9.28 Å². The molecule has 1 heterocycles. The van der Waals surface area contributed by atoms with Crippen LogP contribution in [0.5, 0.6) is 0 Å². The lowest BCUT2D eigenvalue weighted by molar-refractivity contribution is 0.364. The fraction of sp³-hybridized carbons (Fsp3) is 0.778. The fourth-order valence-electron chi connectivity index (χ4n) is 1.54. The molecule has 0 aliphatic carbocycles. The van der Waals surface area contributed by atoms with Gasteiger partial charge in [-0.3, -0.25) is 0 Å². The molecule has 0 aromatic rings. The van der Waals surface area contributed by atoms with E-state index in [1.165, 1.54) is 9.28 Å². The van der Waals surface area contributed by atoms with Crippen molar-refractivity contribution in [2.45, 2.75) is 26.3 Å². The fourth-order valence-corrected chi connectivity index (χ4v) is 3.24. The molecule has 1 unspecified atom stereocenters. The molecule has 1 aliphatic heterocycles. The molecule has 1 rings (SSSR count). The van der Waals surface area contributed by atoms with Crippen molar-refractivity contribution < 1.29 is 0 Å². The normalized spacial score (nSPS) is 26.8. The van der Waals surface area contributed by atoms with Crippen LogP contribution in [-0.2, 0) is 0 Å². The third-order valence-electron chi connectivity index (χ3n) is 2.71. The van der Waals surface area contributed by atoms with E-state index in [-0.39, 0.29) is 5.54 Å². The van der Waals surface area contributed by atoms with E-state index < -0.39 is 0 Å². The molecule has 1 aliphatic rings. The largest absolute Gasteiger partial charge is 0.375 e. The number of rotatable bonds is 2. The van der Waals surface area contributed by atoms with Crippen molar-refractivity contribution >= 4 is 45.5 Å². The summed E-state index contributed by atoms with van der Waals surface area (Å²) in [4.78, 5) is 0. The second-order valence-corrected chi connectivity index (χ2v) is 6.90. The van der Waals surface area contributed by atoms with Gasteiger partial charge in [0.25, 0.3) is 0 Å². The van der Waals surface area contributed by atoms with Gasteiger partial charge in [-0.15, -0.1) is 0 Å². The maximum atomic E-state index is 3.53. The average molecular weight is 406 g/mol. The van der Waals surface area contributed by atoms with Crippen molar-refractivity contribution in [2.24, 2.45) is 5.92 Å². The van der Waals surface area contributed by atoms with E-state index >= 15 is 0 Å². The SMILES string of the molecule is CC1C(CN(C)I)=C(I)NC1(C)C. The smallest absolute Gasteiger partial charge is 0.0744 e. The first-order valence-electron chi connectivity index (χ1n) is 4.38. The second-order valence-electron chi connectivity index (χ2n) is 4.17. The van der Waals surface area contributed by atoms with E-state index in [0.29, 0.717) is 5.92 Å². The van der Waals surface area contributed by atoms with Gasteiger partial charge in [-0.05, 0) is 49.1 Å². The maximum absolute atomic E-state index is 3.53. The second kappa shape index (κ2) is 4.22. The zero-order valence-electron chi connectivity index (χ0n) is 8.49. The summed E-state index contributed by atoms with van der Waals surface area (Å²) in [7, 11) is 2.11. The Bertz CT molecular complexity index is 234. The lowest BCUT2D eigenvalue weighted by Gasteiger charge is -2.26. The van der Waals surface area contributed by atoms with E-state index in [9.17, 15) is 0 Å². The van der Waals surface area contributed by atoms with Gasteiger partial charge in [0.05, 0.1) is 3.70 Å². The van der Waals surface area contributed by atoms with Gasteiger partial charge in [-0.25, -0.2) is 3.11 Å². The lowest BCUT2D eigenvalue weighted by Crippen LogP contribution is -2.38. The van der Waals surface area contributed by atoms with Gasteiger partial charge in [0.2, 0.25) is 0 Å². The Kier molecular flexibility index (Phi) is 3.91. The maximum Gasteiger partial charge on any atom is 0.0744 e. The molecule has 0 amide bonds. The van der Waals surface area contributed by atoms with Crippen LogP contribution in [0.4, 0.5) is 0 Å². The molecule has 0 fully saturated rings. The Morgan fingerprint density at radius 3 is 2.38 bits per heavy atom. The highest BCUT2D eigenvalue weighted by molar-refractivity contribution is 14.1. The monoisotopic (exact) mass is 406 g/mol. The minimum atomic E-state index is 0.221. The van der Waals surface area contributed by atoms with Crippen LogP contribution in [0.3, 0.4) is 0 Å². The van der Waals surface area contributed by atoms with Crippen molar-refractivity contribution in [2.75, 3.05) is 13.6 Å². The highest BCUT2D eigenvalue weighted by Crippen LogP contribution is 2.36. The number of hydrogen-bond donors (Lipinski definition) is 1. The zero-order valence-corrected chi connectivity index (χ0v) is 12.8. The molecule has 0 bridgehead atoms. The average Bonchev–Trinajstić information content (AvgIpc) is 2.12. The van der Waals surface area contributed by atoms with Gasteiger partial charge >= 0.3 is 0 Å². The van der Waals surface area contributed by atoms with Crippen LogP contribution >= 0.6 is 45.5 Å². The molecule has 0 spiro atoms. The number of nitrogens with one attached hydrogen (secondary N) is 1. The predicted octanol–water partition coefficient (Wildman–Crippen LogP) is 2.93. The van der Waals surface area contributed by atoms with Gasteiger partial charge in [-0.2, -0.15) is 0 Å². The summed E-state index contributed by atoms with van der Waals surface area (Å²) in [6.07, 6.45) is 0. The first kappa shape index (κ1) is 12.0. The topological polar surface area (TPSA) is 15.3 Å². The Labute approximate surface area is 108 Å². The Morgan fingerprint density at radius 1 is 1.54 bits per heavy atom. The summed E-state index contributed by atoms with van der Waals surface area (Å²) in [5.41, 5.74) is 1.75. The van der Waals surface area contributed by atoms with Crippen molar-refractivity contribution in [3.8, 4) is 0 Å². The van der Waals surface area contributed by atoms with E-state index in [0.717, 1.165) is 6.54 Å². The summed E-state index contributed by atoms with van der Waals surface area (Å²) < 4.78 is 3.53. The Balaban J connectivity index is 2.79. The minimum absolute atomic E-state index is 0.221. The van der Waals surface area contributed by atoms with Crippen LogP contribution in [0.2, 0.25) is 0 Å². The molecule has 13 heavy (non-hydrogen) atoms. The minimum Gasteiger partial charge on any atom is -0.375 e. The van der Waals surface area contributed by atoms with E-state index in [4.69, 9.17) is 0 Å². The third-order valence-corrected chi connectivity index (χ3v) is 4.01. The van der Waals surface area contributed by atoms with Gasteiger partial charge in [0, 0.05) is 40.9 Å². The van der Waals surface area contributed by atoms with E-state index in [1.807, 2.05) is 0 Å². The highest BCUT2D eigenvalue weighted by atomic mass is 127. The van der Waals surface area contributed by atoms with Crippen LogP contribution in [0, 0.1) is 5.92 Å². The Morgan fingerprint density at radius 2 is 2.08 bits per heavy atom. The summed E-state index contributed by atoms with van der Waals surface area (Å²) in [6.45, 7) is 7.87. The molecular formula is C9H16I2N2. The molecule has 1 N–H and O–H groups in total. The van der Waals surface area contributed by atoms with Crippen LogP contribution < -0.4 is 5.32 Å². The lowest BCUT2D eigenvalue weighted by atomic mass is 9.87. The number of nitrogens with zero attached hydrogens (tertiary/aromatic N) is 1. The summed E-state index contributed by atoms with van der Waals surface area (Å²) >= 11 is 4.74. The van der Waals surface area contributed by atoms with Crippen LogP contribution in [0.25, 0.3) is 0 Å². The molecule has 0 aromatic heterocycles. The highest BCUT2D eigenvalue weighted by Gasteiger charge is 2.36. The molecule has 2 nitrogen and oxygen atoms in total. The Hall–Kier alpha value is 0.960. The molecule has 0 saturated heterocycles. The standard InChI is InChI=1S/C9H16I2N2/c1-6-7(5-13(4)11)8(10)12-9(6,2)3/h6,12H,5H2,1-4H3.